The fourth-order valence-electron chi connectivity index (χ4n) is 1.19. The van der Waals surface area contributed by atoms with E-state index in [1.807, 2.05) is 0 Å². The summed E-state index contributed by atoms with van der Waals surface area (Å²) in [5.74, 6) is -26.1. The first-order valence-corrected chi connectivity index (χ1v) is 10.5. The summed E-state index contributed by atoms with van der Waals surface area (Å²) in [7, 11) is 0. The number of hydrogen-bond acceptors (Lipinski definition) is 1. The van der Waals surface area contributed by atoms with Gasteiger partial charge in [0, 0.05) is 0 Å². The van der Waals surface area contributed by atoms with Crippen LogP contribution in [0.3, 0.4) is 0 Å². The molecule has 0 aliphatic carbocycles. The zero-order valence-electron chi connectivity index (χ0n) is 10.6. The molecule has 0 aliphatic heterocycles. The van der Waals surface area contributed by atoms with E-state index in [0.717, 1.165) is 0 Å². The van der Waals surface area contributed by atoms with Crippen LogP contribution in [0.4, 0.5) is 61.5 Å². The molecule has 0 N–H and O–H groups in total. The van der Waals surface area contributed by atoms with Crippen molar-refractivity contribution in [3.05, 3.63) is 0 Å². The summed E-state index contributed by atoms with van der Waals surface area (Å²) >= 11 is -6.14. The van der Waals surface area contributed by atoms with E-state index in [1.54, 1.807) is 0 Å². The van der Waals surface area contributed by atoms with Gasteiger partial charge in [0.05, 0.1) is 0 Å². The standard InChI is InChI=1S/2C4H2F7.O.Sn/c2*1-2(5,6)3(7,8)4(9,10)11;;/h2*1H2;;. The zero-order valence-corrected chi connectivity index (χ0v) is 13.5. The van der Waals surface area contributed by atoms with Crippen molar-refractivity contribution in [1.82, 2.24) is 0 Å². The van der Waals surface area contributed by atoms with Gasteiger partial charge in [0.25, 0.3) is 0 Å². The van der Waals surface area contributed by atoms with Crippen molar-refractivity contribution in [2.75, 3.05) is 0 Å². The third kappa shape index (κ3) is 4.42. The van der Waals surface area contributed by atoms with Gasteiger partial charge in [-0.1, -0.05) is 0 Å². The molecule has 0 unspecified atom stereocenters. The van der Waals surface area contributed by atoms with Gasteiger partial charge in [0.15, 0.2) is 0 Å². The molecule has 0 radical (unpaired) electrons. The molecule has 0 spiro atoms. The van der Waals surface area contributed by atoms with Crippen LogP contribution in [0.5, 0.6) is 0 Å². The Hall–Kier alpha value is -0.381. The van der Waals surface area contributed by atoms with E-state index in [-0.39, 0.29) is 0 Å². The number of halogens is 14. The third-order valence-corrected chi connectivity index (χ3v) is 7.25. The van der Waals surface area contributed by atoms with Crippen LogP contribution in [-0.4, -0.2) is 55.8 Å². The average molecular weight is 501 g/mol. The van der Waals surface area contributed by atoms with Crippen molar-refractivity contribution in [2.45, 2.75) is 44.9 Å². The van der Waals surface area contributed by atoms with E-state index >= 15 is 0 Å². The molecule has 1 nitrogen and oxygen atoms in total. The molecule has 0 aromatic carbocycles. The van der Waals surface area contributed by atoms with Gasteiger partial charge in [-0.2, -0.15) is 0 Å². The number of hydrogen-bond donors (Lipinski definition) is 0. The van der Waals surface area contributed by atoms with Crippen LogP contribution >= 0.6 is 0 Å². The Kier molecular flexibility index (Phi) is 6.31. The second-order valence-electron chi connectivity index (χ2n) is 4.45. The molecule has 0 saturated carbocycles. The summed E-state index contributed by atoms with van der Waals surface area (Å²) < 4.78 is 176. The summed E-state index contributed by atoms with van der Waals surface area (Å²) in [5, 5.41) is 0. The van der Waals surface area contributed by atoms with E-state index in [1.165, 1.54) is 0 Å². The van der Waals surface area contributed by atoms with Crippen LogP contribution in [0.15, 0.2) is 0 Å². The van der Waals surface area contributed by atoms with E-state index in [4.69, 9.17) is 0 Å². The molecule has 16 heteroatoms. The Morgan fingerprint density at radius 2 is 0.708 bits per heavy atom. The Morgan fingerprint density at radius 3 is 0.875 bits per heavy atom. The van der Waals surface area contributed by atoms with E-state index in [9.17, 15) is 64.5 Å². The molecule has 24 heavy (non-hydrogen) atoms. The molecule has 0 fully saturated rings. The van der Waals surface area contributed by atoms with Crippen LogP contribution in [0.25, 0.3) is 0 Å². The summed E-state index contributed by atoms with van der Waals surface area (Å²) in [6, 6.07) is 0. The van der Waals surface area contributed by atoms with Crippen LogP contribution < -0.4 is 0 Å². The minimum atomic E-state index is -6.89. The molecule has 0 aromatic rings. The van der Waals surface area contributed by atoms with Crippen molar-refractivity contribution >= 4 is 19.7 Å². The second-order valence-corrected chi connectivity index (χ2v) is 9.54. The summed E-state index contributed by atoms with van der Waals surface area (Å²) in [5.41, 5.74) is 0. The Labute approximate surface area is 130 Å². The number of alkyl halides is 14. The number of rotatable bonds is 6. The summed E-state index contributed by atoms with van der Waals surface area (Å²) in [6.07, 6.45) is -13.8. The molecular formula is C8H4F14OSn. The Bertz CT molecular complexity index is 432. The first kappa shape index (κ1) is 23.6. The first-order chi connectivity index (χ1) is 10.1. The minimum absolute atomic E-state index is 3.05. The Morgan fingerprint density at radius 1 is 0.500 bits per heavy atom. The van der Waals surface area contributed by atoms with E-state index in [0.29, 0.717) is 0 Å². The monoisotopic (exact) mass is 502 g/mol. The van der Waals surface area contributed by atoms with Crippen molar-refractivity contribution in [2.24, 2.45) is 0 Å². The van der Waals surface area contributed by atoms with Crippen molar-refractivity contribution in [3.63, 3.8) is 0 Å². The van der Waals surface area contributed by atoms with Gasteiger partial charge < -0.3 is 0 Å². The normalized spacial score (nSPS) is 15.6. The summed E-state index contributed by atoms with van der Waals surface area (Å²) in [4.78, 5) is 0. The maximum absolute atomic E-state index is 12.8. The zero-order chi connectivity index (χ0) is 20.0. The van der Waals surface area contributed by atoms with Crippen LogP contribution in [0.1, 0.15) is 0 Å². The van der Waals surface area contributed by atoms with E-state index < -0.39 is 64.7 Å². The molecule has 144 valence electrons. The average Bonchev–Trinajstić information content (AvgIpc) is 2.22. The van der Waals surface area contributed by atoms with Gasteiger partial charge in [0.1, 0.15) is 0 Å². The fourth-order valence-corrected chi connectivity index (χ4v) is 5.65. The van der Waals surface area contributed by atoms with Crippen LogP contribution in [-0.2, 0) is 3.08 Å². The quantitative estimate of drug-likeness (QED) is 0.367. The van der Waals surface area contributed by atoms with Gasteiger partial charge in [-0.3, -0.25) is 0 Å². The molecule has 0 amide bonds. The predicted molar refractivity (Wildman–Crippen MR) is 48.0 cm³/mol. The topological polar surface area (TPSA) is 17.1 Å². The van der Waals surface area contributed by atoms with Gasteiger partial charge >= 0.3 is 129 Å². The Balaban J connectivity index is 5.36. The predicted octanol–water partition coefficient (Wildman–Crippen LogP) is 5.07. The molecule has 0 atom stereocenters. The third-order valence-electron chi connectivity index (χ3n) is 2.47. The van der Waals surface area contributed by atoms with Crippen LogP contribution in [0, 0.1) is 0 Å². The molecule has 0 saturated heterocycles. The summed E-state index contributed by atoms with van der Waals surface area (Å²) in [6.45, 7) is 0. The second kappa shape index (κ2) is 6.41. The van der Waals surface area contributed by atoms with Crippen molar-refractivity contribution in [3.8, 4) is 0 Å². The van der Waals surface area contributed by atoms with Gasteiger partial charge in [-0.25, -0.2) is 0 Å². The molecule has 0 heterocycles. The molecule has 0 rings (SSSR count). The maximum atomic E-state index is 12.8. The molecule has 0 bridgehead atoms. The van der Waals surface area contributed by atoms with E-state index in [2.05, 4.69) is 0 Å². The van der Waals surface area contributed by atoms with Crippen LogP contribution in [0.2, 0.25) is 8.87 Å². The van der Waals surface area contributed by atoms with Gasteiger partial charge in [-0.15, -0.1) is 0 Å². The first-order valence-electron chi connectivity index (χ1n) is 5.26. The SMILES string of the molecule is [O]=[Sn]([CH2]C(F)(F)C(F)(F)C(F)(F)F)[CH2]C(F)(F)C(F)(F)C(F)(F)F. The fraction of sp³-hybridized carbons (Fsp3) is 1.00. The van der Waals surface area contributed by atoms with Gasteiger partial charge in [0.2, 0.25) is 0 Å². The van der Waals surface area contributed by atoms with Gasteiger partial charge in [-0.05, 0) is 0 Å². The molecule has 0 aliphatic rings. The van der Waals surface area contributed by atoms with Crippen molar-refractivity contribution < 1.29 is 64.5 Å². The molecule has 0 aromatic heterocycles. The molecular weight excluding hydrogens is 497 g/mol. The van der Waals surface area contributed by atoms with Crippen molar-refractivity contribution in [1.29, 1.82) is 0 Å².